The van der Waals surface area contributed by atoms with Crippen LogP contribution in [0.1, 0.15) is 18.4 Å². The van der Waals surface area contributed by atoms with E-state index in [1.807, 2.05) is 23.1 Å². The predicted molar refractivity (Wildman–Crippen MR) is 125 cm³/mol. The van der Waals surface area contributed by atoms with Crippen molar-refractivity contribution in [2.45, 2.75) is 12.8 Å². The number of rotatable bonds is 5. The highest BCUT2D eigenvalue weighted by Gasteiger charge is 2.33. The Bertz CT molecular complexity index is 1020. The molecule has 2 aliphatic rings. The Hall–Kier alpha value is -2.35. The van der Waals surface area contributed by atoms with Crippen LogP contribution in [0, 0.1) is 0 Å². The number of hydrogen-bond acceptors (Lipinski definition) is 5. The summed E-state index contributed by atoms with van der Waals surface area (Å²) in [7, 11) is 0. The second-order valence-electron chi connectivity index (χ2n) is 6.91. The second kappa shape index (κ2) is 9.20. The first-order chi connectivity index (χ1) is 14.5. The summed E-state index contributed by atoms with van der Waals surface area (Å²) in [6, 6.07) is 14.3. The molecule has 154 valence electrons. The lowest BCUT2D eigenvalue weighted by Crippen LogP contribution is -2.32. The van der Waals surface area contributed by atoms with E-state index in [-0.39, 0.29) is 18.4 Å². The summed E-state index contributed by atoms with van der Waals surface area (Å²) < 4.78 is 6.25. The zero-order valence-corrected chi connectivity index (χ0v) is 18.4. The lowest BCUT2D eigenvalue weighted by molar-refractivity contribution is -0.132. The van der Waals surface area contributed by atoms with Gasteiger partial charge in [-0.05, 0) is 49.2 Å². The molecule has 0 atom stereocenters. The van der Waals surface area contributed by atoms with E-state index in [0.717, 1.165) is 31.5 Å². The van der Waals surface area contributed by atoms with Crippen molar-refractivity contribution in [3.63, 3.8) is 0 Å². The number of carbonyl (C=O) groups is 2. The van der Waals surface area contributed by atoms with Gasteiger partial charge in [0.2, 0.25) is 0 Å². The van der Waals surface area contributed by atoms with Gasteiger partial charge in [0.15, 0.2) is 10.9 Å². The summed E-state index contributed by atoms with van der Waals surface area (Å²) in [5.41, 5.74) is 1.40. The Morgan fingerprint density at radius 2 is 1.83 bits per heavy atom. The van der Waals surface area contributed by atoms with E-state index >= 15 is 0 Å². The van der Waals surface area contributed by atoms with Crippen molar-refractivity contribution < 1.29 is 14.3 Å². The van der Waals surface area contributed by atoms with Gasteiger partial charge < -0.3 is 9.64 Å². The predicted octanol–water partition coefficient (Wildman–Crippen LogP) is 4.75. The fraction of sp³-hybridized carbons (Fsp3) is 0.227. The van der Waals surface area contributed by atoms with Crippen molar-refractivity contribution in [1.82, 2.24) is 4.90 Å². The SMILES string of the molecule is O=C(COc1ccccc1/C=C1\SC(=S)N(c2ccc(Cl)cc2)C1=O)N1CCCC1. The molecule has 0 spiro atoms. The van der Waals surface area contributed by atoms with Crippen LogP contribution in [0.2, 0.25) is 5.02 Å². The number of ether oxygens (including phenoxy) is 1. The fourth-order valence-electron chi connectivity index (χ4n) is 3.35. The number of nitrogens with zero attached hydrogens (tertiary/aromatic N) is 2. The summed E-state index contributed by atoms with van der Waals surface area (Å²) in [4.78, 5) is 29.1. The number of anilines is 1. The van der Waals surface area contributed by atoms with E-state index in [9.17, 15) is 9.59 Å². The van der Waals surface area contributed by atoms with Gasteiger partial charge in [-0.2, -0.15) is 0 Å². The van der Waals surface area contributed by atoms with Crippen LogP contribution in [-0.2, 0) is 9.59 Å². The number of thioether (sulfide) groups is 1. The Kier molecular flexibility index (Phi) is 6.41. The quantitative estimate of drug-likeness (QED) is 0.478. The van der Waals surface area contributed by atoms with Crippen molar-refractivity contribution in [2.75, 3.05) is 24.6 Å². The van der Waals surface area contributed by atoms with Gasteiger partial charge in [-0.15, -0.1) is 0 Å². The minimum absolute atomic E-state index is 0.0173. The maximum atomic E-state index is 13.0. The zero-order chi connectivity index (χ0) is 21.1. The van der Waals surface area contributed by atoms with Crippen molar-refractivity contribution in [2.24, 2.45) is 0 Å². The van der Waals surface area contributed by atoms with Crippen molar-refractivity contribution >= 4 is 63.5 Å². The van der Waals surface area contributed by atoms with E-state index in [0.29, 0.717) is 25.7 Å². The molecule has 5 nitrogen and oxygen atoms in total. The third-order valence-electron chi connectivity index (χ3n) is 4.89. The van der Waals surface area contributed by atoms with Gasteiger partial charge in [-0.3, -0.25) is 14.5 Å². The number of thiocarbonyl (C=S) groups is 1. The molecule has 30 heavy (non-hydrogen) atoms. The van der Waals surface area contributed by atoms with Gasteiger partial charge in [-0.25, -0.2) is 0 Å². The highest BCUT2D eigenvalue weighted by atomic mass is 35.5. The number of carbonyl (C=O) groups excluding carboxylic acids is 2. The number of benzene rings is 2. The molecule has 0 saturated carbocycles. The van der Waals surface area contributed by atoms with Gasteiger partial charge >= 0.3 is 0 Å². The normalized spacial score (nSPS) is 17.8. The van der Waals surface area contributed by atoms with E-state index < -0.39 is 0 Å². The van der Waals surface area contributed by atoms with Crippen LogP contribution in [0.15, 0.2) is 53.4 Å². The maximum Gasteiger partial charge on any atom is 0.270 e. The lowest BCUT2D eigenvalue weighted by atomic mass is 10.2. The van der Waals surface area contributed by atoms with Crippen molar-refractivity contribution in [3.05, 3.63) is 64.0 Å². The zero-order valence-electron chi connectivity index (χ0n) is 16.0. The molecule has 0 N–H and O–H groups in total. The van der Waals surface area contributed by atoms with Crippen LogP contribution in [0.3, 0.4) is 0 Å². The first-order valence-corrected chi connectivity index (χ1v) is 11.2. The van der Waals surface area contributed by atoms with Crippen LogP contribution < -0.4 is 9.64 Å². The Labute approximate surface area is 189 Å². The molecule has 0 unspecified atom stereocenters. The molecule has 2 aromatic rings. The van der Waals surface area contributed by atoms with E-state index in [1.54, 1.807) is 36.4 Å². The van der Waals surface area contributed by atoms with E-state index in [2.05, 4.69) is 0 Å². The lowest BCUT2D eigenvalue weighted by Gasteiger charge is -2.16. The third kappa shape index (κ3) is 4.53. The number of hydrogen-bond donors (Lipinski definition) is 0. The van der Waals surface area contributed by atoms with Crippen molar-refractivity contribution in [3.8, 4) is 5.75 Å². The summed E-state index contributed by atoms with van der Waals surface area (Å²) in [6.45, 7) is 1.56. The van der Waals surface area contributed by atoms with Crippen LogP contribution in [0.5, 0.6) is 5.75 Å². The van der Waals surface area contributed by atoms with Gasteiger partial charge in [-0.1, -0.05) is 53.8 Å². The highest BCUT2D eigenvalue weighted by Crippen LogP contribution is 2.37. The Morgan fingerprint density at radius 1 is 1.13 bits per heavy atom. The third-order valence-corrected chi connectivity index (χ3v) is 6.45. The Balaban J connectivity index is 1.52. The summed E-state index contributed by atoms with van der Waals surface area (Å²) in [6.07, 6.45) is 3.83. The molecule has 2 aliphatic heterocycles. The van der Waals surface area contributed by atoms with Crippen LogP contribution in [-0.4, -0.2) is 40.7 Å². The fourth-order valence-corrected chi connectivity index (χ4v) is 4.77. The molecule has 2 amide bonds. The molecule has 8 heteroatoms. The summed E-state index contributed by atoms with van der Waals surface area (Å²) in [5.74, 6) is 0.341. The number of para-hydroxylation sites is 1. The molecule has 2 aromatic carbocycles. The molecule has 2 heterocycles. The average Bonchev–Trinajstić information content (AvgIpc) is 3.37. The number of likely N-dealkylation sites (tertiary alicyclic amines) is 1. The molecule has 0 aliphatic carbocycles. The van der Waals surface area contributed by atoms with Gasteiger partial charge in [0.25, 0.3) is 11.8 Å². The largest absolute Gasteiger partial charge is 0.483 e. The molecule has 0 radical (unpaired) electrons. The molecule has 0 bridgehead atoms. The highest BCUT2D eigenvalue weighted by molar-refractivity contribution is 8.27. The van der Waals surface area contributed by atoms with Crippen LogP contribution in [0.4, 0.5) is 5.69 Å². The van der Waals surface area contributed by atoms with Gasteiger partial charge in [0.05, 0.1) is 10.6 Å². The minimum Gasteiger partial charge on any atom is -0.483 e. The first kappa shape index (κ1) is 20.9. The Morgan fingerprint density at radius 3 is 2.57 bits per heavy atom. The molecule has 0 aromatic heterocycles. The van der Waals surface area contributed by atoms with Gasteiger partial charge in [0, 0.05) is 23.7 Å². The van der Waals surface area contributed by atoms with Crippen LogP contribution >= 0.6 is 35.6 Å². The molecule has 2 saturated heterocycles. The van der Waals surface area contributed by atoms with E-state index in [4.69, 9.17) is 28.6 Å². The topological polar surface area (TPSA) is 49.9 Å². The van der Waals surface area contributed by atoms with Gasteiger partial charge in [0.1, 0.15) is 5.75 Å². The van der Waals surface area contributed by atoms with E-state index in [1.165, 1.54) is 16.7 Å². The smallest absolute Gasteiger partial charge is 0.270 e. The molecular formula is C22H19ClN2O3S2. The van der Waals surface area contributed by atoms with Crippen molar-refractivity contribution in [1.29, 1.82) is 0 Å². The monoisotopic (exact) mass is 458 g/mol. The average molecular weight is 459 g/mol. The molecule has 4 rings (SSSR count). The standard InChI is InChI=1S/C22H19ClN2O3S2/c23-16-7-9-17(10-8-16)25-21(27)19(30-22(25)29)13-15-5-1-2-6-18(15)28-14-20(26)24-11-3-4-12-24/h1-2,5-10,13H,3-4,11-12,14H2/b19-13-. The van der Waals surface area contributed by atoms with Crippen LogP contribution in [0.25, 0.3) is 6.08 Å². The maximum absolute atomic E-state index is 13.0. The first-order valence-electron chi connectivity index (χ1n) is 9.56. The minimum atomic E-state index is -0.199. The number of halogens is 1. The molecular weight excluding hydrogens is 440 g/mol. The summed E-state index contributed by atoms with van der Waals surface area (Å²) >= 11 is 12.6. The summed E-state index contributed by atoms with van der Waals surface area (Å²) in [5, 5.41) is 0.592. The number of amides is 2. The second-order valence-corrected chi connectivity index (χ2v) is 9.02. The molecule has 2 fully saturated rings.